The summed E-state index contributed by atoms with van der Waals surface area (Å²) in [5.74, 6) is 0.706. The van der Waals surface area contributed by atoms with Crippen LogP contribution in [0.25, 0.3) is 0 Å². The summed E-state index contributed by atoms with van der Waals surface area (Å²) < 4.78 is 0. The zero-order valence-corrected chi connectivity index (χ0v) is 13.0. The Bertz CT molecular complexity index is 502. The van der Waals surface area contributed by atoms with Gasteiger partial charge in [0, 0.05) is 33.2 Å². The first-order chi connectivity index (χ1) is 9.94. The van der Waals surface area contributed by atoms with Crippen molar-refractivity contribution in [1.29, 1.82) is 0 Å². The number of nitrogens with two attached hydrogens (primary N) is 1. The number of piperidine rings is 1. The number of rotatable bonds is 5. The fourth-order valence-corrected chi connectivity index (χ4v) is 2.40. The number of likely N-dealkylation sites (tertiary alicyclic amines) is 1. The lowest BCUT2D eigenvalue weighted by molar-refractivity contribution is -0.119. The van der Waals surface area contributed by atoms with E-state index in [2.05, 4.69) is 20.3 Å². The quantitative estimate of drug-likeness (QED) is 0.786. The number of aromatic nitrogens is 3. The van der Waals surface area contributed by atoms with Crippen molar-refractivity contribution in [3.63, 3.8) is 0 Å². The molecule has 0 radical (unpaired) electrons. The minimum absolute atomic E-state index is 0.169. The number of carbonyl (C=O) groups excluding carboxylic acids is 1. The van der Waals surface area contributed by atoms with Crippen LogP contribution in [0.4, 0.5) is 11.9 Å². The molecule has 0 aliphatic carbocycles. The van der Waals surface area contributed by atoms with Crippen molar-refractivity contribution in [3.8, 4) is 0 Å². The summed E-state index contributed by atoms with van der Waals surface area (Å²) in [4.78, 5) is 27.2. The van der Waals surface area contributed by atoms with Crippen LogP contribution in [0.3, 0.4) is 0 Å². The minimum atomic E-state index is -0.290. The smallest absolute Gasteiger partial charge is 0.231 e. The molecule has 0 spiro atoms. The van der Waals surface area contributed by atoms with Gasteiger partial charge in [-0.05, 0) is 24.4 Å². The summed E-state index contributed by atoms with van der Waals surface area (Å²) in [5.41, 5.74) is 5.20. The molecule has 8 nitrogen and oxygen atoms in total. The highest BCUT2D eigenvalue weighted by Gasteiger charge is 2.21. The molecule has 0 atom stereocenters. The van der Waals surface area contributed by atoms with Gasteiger partial charge in [-0.25, -0.2) is 0 Å². The van der Waals surface area contributed by atoms with Gasteiger partial charge in [0.2, 0.25) is 23.1 Å². The molecule has 2 rings (SSSR count). The summed E-state index contributed by atoms with van der Waals surface area (Å²) in [5, 5.41) is 3.44. The number of hydrogen-bond donors (Lipinski definition) is 2. The number of anilines is 2. The van der Waals surface area contributed by atoms with Crippen molar-refractivity contribution < 1.29 is 4.79 Å². The maximum absolute atomic E-state index is 10.9. The van der Waals surface area contributed by atoms with Crippen LogP contribution in [0.15, 0.2) is 0 Å². The van der Waals surface area contributed by atoms with E-state index in [0.29, 0.717) is 18.4 Å². The summed E-state index contributed by atoms with van der Waals surface area (Å²) in [6, 6.07) is 0.252. The molecule has 1 fully saturated rings. The van der Waals surface area contributed by atoms with Gasteiger partial charge in [0.15, 0.2) is 0 Å². The first kappa shape index (κ1) is 15.7. The molecule has 116 valence electrons. The fourth-order valence-electron chi connectivity index (χ4n) is 2.24. The molecule has 1 amide bonds. The van der Waals surface area contributed by atoms with Gasteiger partial charge in [0.1, 0.15) is 0 Å². The lowest BCUT2D eigenvalue weighted by Gasteiger charge is -2.31. The highest BCUT2D eigenvalue weighted by atomic mass is 35.5. The third kappa shape index (κ3) is 4.68. The molecule has 1 aliphatic rings. The number of carbonyl (C=O) groups is 1. The van der Waals surface area contributed by atoms with Gasteiger partial charge in [-0.3, -0.25) is 9.69 Å². The average molecular weight is 314 g/mol. The van der Waals surface area contributed by atoms with Crippen molar-refractivity contribution >= 4 is 29.4 Å². The van der Waals surface area contributed by atoms with Crippen LogP contribution in [0.5, 0.6) is 0 Å². The minimum Gasteiger partial charge on any atom is -0.369 e. The van der Waals surface area contributed by atoms with E-state index in [1.54, 1.807) is 4.90 Å². The Hall–Kier alpha value is -1.67. The van der Waals surface area contributed by atoms with Crippen LogP contribution in [-0.4, -0.2) is 65.5 Å². The lowest BCUT2D eigenvalue weighted by Crippen LogP contribution is -2.43. The third-order valence-corrected chi connectivity index (χ3v) is 3.47. The van der Waals surface area contributed by atoms with Gasteiger partial charge in [-0.2, -0.15) is 15.0 Å². The summed E-state index contributed by atoms with van der Waals surface area (Å²) in [7, 11) is 3.69. The molecule has 0 bridgehead atoms. The molecule has 1 aromatic rings. The molecule has 3 N–H and O–H groups in total. The summed E-state index contributed by atoms with van der Waals surface area (Å²) in [6.45, 7) is 1.95. The number of hydrogen-bond acceptors (Lipinski definition) is 7. The van der Waals surface area contributed by atoms with E-state index in [1.165, 1.54) is 0 Å². The number of nitrogens with zero attached hydrogens (tertiary/aromatic N) is 5. The molecule has 0 aromatic carbocycles. The predicted molar refractivity (Wildman–Crippen MR) is 81.4 cm³/mol. The van der Waals surface area contributed by atoms with Crippen LogP contribution < -0.4 is 16.0 Å². The third-order valence-electron chi connectivity index (χ3n) is 3.30. The molecule has 1 aromatic heterocycles. The van der Waals surface area contributed by atoms with Gasteiger partial charge in [0.25, 0.3) is 0 Å². The first-order valence-corrected chi connectivity index (χ1v) is 7.18. The highest BCUT2D eigenvalue weighted by Crippen LogP contribution is 2.16. The molecule has 9 heteroatoms. The Morgan fingerprint density at radius 1 is 1.38 bits per heavy atom. The fraction of sp³-hybridized carbons (Fsp3) is 0.667. The van der Waals surface area contributed by atoms with Gasteiger partial charge in [0.05, 0.1) is 6.54 Å². The molecule has 1 aliphatic heterocycles. The number of amides is 1. The molecular formula is C12H20ClN7O. The zero-order valence-electron chi connectivity index (χ0n) is 12.2. The normalized spacial score (nSPS) is 16.7. The van der Waals surface area contributed by atoms with E-state index in [0.717, 1.165) is 25.9 Å². The van der Waals surface area contributed by atoms with Crippen LogP contribution in [0, 0.1) is 0 Å². The van der Waals surface area contributed by atoms with Crippen LogP contribution >= 0.6 is 11.6 Å². The first-order valence-electron chi connectivity index (χ1n) is 6.80. The van der Waals surface area contributed by atoms with Crippen molar-refractivity contribution in [2.75, 3.05) is 43.9 Å². The van der Waals surface area contributed by atoms with E-state index in [1.807, 2.05) is 19.0 Å². The van der Waals surface area contributed by atoms with E-state index < -0.39 is 0 Å². The number of nitrogens with one attached hydrogen (secondary N) is 1. The monoisotopic (exact) mass is 313 g/mol. The second-order valence-corrected chi connectivity index (χ2v) is 5.62. The maximum Gasteiger partial charge on any atom is 0.231 e. The van der Waals surface area contributed by atoms with E-state index in [-0.39, 0.29) is 17.2 Å². The zero-order chi connectivity index (χ0) is 15.4. The van der Waals surface area contributed by atoms with Crippen molar-refractivity contribution in [2.24, 2.45) is 5.73 Å². The van der Waals surface area contributed by atoms with Gasteiger partial charge >= 0.3 is 0 Å². The van der Waals surface area contributed by atoms with Crippen LogP contribution in [0.2, 0.25) is 5.28 Å². The average Bonchev–Trinajstić information content (AvgIpc) is 2.39. The van der Waals surface area contributed by atoms with Crippen molar-refractivity contribution in [3.05, 3.63) is 5.28 Å². The number of halogens is 1. The van der Waals surface area contributed by atoms with E-state index >= 15 is 0 Å². The molecule has 0 saturated carbocycles. The van der Waals surface area contributed by atoms with Crippen molar-refractivity contribution in [2.45, 2.75) is 18.9 Å². The summed E-state index contributed by atoms with van der Waals surface area (Å²) in [6.07, 6.45) is 1.79. The Kier molecular flexibility index (Phi) is 5.13. The Morgan fingerprint density at radius 2 is 2.05 bits per heavy atom. The molecule has 1 saturated heterocycles. The second-order valence-electron chi connectivity index (χ2n) is 5.28. The van der Waals surface area contributed by atoms with E-state index in [9.17, 15) is 4.79 Å². The predicted octanol–water partition coefficient (Wildman–Crippen LogP) is -0.0474. The molecule has 2 heterocycles. The standard InChI is InChI=1S/C12H20ClN7O/c1-19(2)12-17-10(13)16-11(18-12)15-8-3-5-20(6-4-8)7-9(14)21/h8H,3-7H2,1-2H3,(H2,14,21)(H,15,16,17,18). The Balaban J connectivity index is 1.93. The SMILES string of the molecule is CN(C)c1nc(Cl)nc(NC2CCN(CC(N)=O)CC2)n1. The Labute approximate surface area is 128 Å². The Morgan fingerprint density at radius 3 is 2.62 bits per heavy atom. The largest absolute Gasteiger partial charge is 0.369 e. The van der Waals surface area contributed by atoms with Crippen molar-refractivity contribution in [1.82, 2.24) is 19.9 Å². The number of primary amides is 1. The van der Waals surface area contributed by atoms with Gasteiger partial charge < -0.3 is 16.0 Å². The van der Waals surface area contributed by atoms with E-state index in [4.69, 9.17) is 17.3 Å². The highest BCUT2D eigenvalue weighted by molar-refractivity contribution is 6.28. The van der Waals surface area contributed by atoms with Gasteiger partial charge in [-0.15, -0.1) is 0 Å². The van der Waals surface area contributed by atoms with Gasteiger partial charge in [-0.1, -0.05) is 0 Å². The lowest BCUT2D eigenvalue weighted by atomic mass is 10.1. The van der Waals surface area contributed by atoms with Crippen LogP contribution in [0.1, 0.15) is 12.8 Å². The van der Waals surface area contributed by atoms with Crippen LogP contribution in [-0.2, 0) is 4.79 Å². The maximum atomic E-state index is 10.9. The molecule has 0 unspecified atom stereocenters. The summed E-state index contributed by atoms with van der Waals surface area (Å²) >= 11 is 5.90. The molecular weight excluding hydrogens is 294 g/mol. The second kappa shape index (κ2) is 6.86. The topological polar surface area (TPSA) is 100 Å². The molecule has 21 heavy (non-hydrogen) atoms.